The Morgan fingerprint density at radius 3 is 2.34 bits per heavy atom. The predicted octanol–water partition coefficient (Wildman–Crippen LogP) is 3.08. The number of nitrogens with two attached hydrogens (primary N) is 1. The Hall–Kier alpha value is -1.92. The van der Waals surface area contributed by atoms with Gasteiger partial charge in [-0.2, -0.15) is 0 Å². The van der Waals surface area contributed by atoms with Crippen molar-refractivity contribution in [2.24, 2.45) is 11.7 Å². The molecular formula is C23H32ClN3O2. The van der Waals surface area contributed by atoms with Gasteiger partial charge in [0.2, 0.25) is 0 Å². The number of benzene rings is 2. The largest absolute Gasteiger partial charge is 0.387 e. The summed E-state index contributed by atoms with van der Waals surface area (Å²) in [6, 6.07) is 17.4. The fraction of sp³-hybridized carbons (Fsp3) is 0.435. The number of nitrogens with zero attached hydrogens (tertiary/aromatic N) is 2. The molecular weight excluding hydrogens is 386 g/mol. The van der Waals surface area contributed by atoms with E-state index in [2.05, 4.69) is 4.90 Å². The molecule has 1 aliphatic rings. The summed E-state index contributed by atoms with van der Waals surface area (Å²) in [5, 5.41) is 10.4. The third-order valence-electron chi connectivity index (χ3n) is 5.64. The number of rotatable bonds is 7. The van der Waals surface area contributed by atoms with Crippen LogP contribution in [0.1, 0.15) is 40.4 Å². The highest BCUT2D eigenvalue weighted by Gasteiger charge is 2.24. The van der Waals surface area contributed by atoms with Crippen molar-refractivity contribution in [3.63, 3.8) is 0 Å². The number of hydrogen-bond donors (Lipinski definition) is 2. The molecule has 1 saturated heterocycles. The minimum absolute atomic E-state index is 0. The van der Waals surface area contributed by atoms with Gasteiger partial charge in [0, 0.05) is 32.2 Å². The molecule has 2 aromatic carbocycles. The van der Waals surface area contributed by atoms with Crippen molar-refractivity contribution in [3.05, 3.63) is 71.3 Å². The normalized spacial score (nSPS) is 16.1. The molecule has 0 aliphatic carbocycles. The summed E-state index contributed by atoms with van der Waals surface area (Å²) in [5.74, 6) is 0.563. The van der Waals surface area contributed by atoms with Crippen molar-refractivity contribution >= 4 is 18.3 Å². The smallest absolute Gasteiger partial charge is 0.253 e. The molecule has 0 radical (unpaired) electrons. The van der Waals surface area contributed by atoms with Crippen LogP contribution < -0.4 is 5.73 Å². The molecule has 0 saturated carbocycles. The van der Waals surface area contributed by atoms with Gasteiger partial charge in [-0.3, -0.25) is 4.79 Å². The van der Waals surface area contributed by atoms with Gasteiger partial charge in [0.25, 0.3) is 5.91 Å². The van der Waals surface area contributed by atoms with Crippen LogP contribution in [0, 0.1) is 5.92 Å². The molecule has 1 unspecified atom stereocenters. The summed E-state index contributed by atoms with van der Waals surface area (Å²) in [6.45, 7) is 3.84. The second-order valence-corrected chi connectivity index (χ2v) is 7.76. The van der Waals surface area contributed by atoms with Gasteiger partial charge in [-0.05, 0) is 55.1 Å². The molecule has 6 heteroatoms. The van der Waals surface area contributed by atoms with Crippen molar-refractivity contribution in [2.45, 2.75) is 25.5 Å². The van der Waals surface area contributed by atoms with Crippen LogP contribution in [-0.2, 0) is 6.54 Å². The molecule has 29 heavy (non-hydrogen) atoms. The van der Waals surface area contributed by atoms with Crippen LogP contribution in [0.5, 0.6) is 0 Å². The van der Waals surface area contributed by atoms with Crippen LogP contribution in [-0.4, -0.2) is 54.0 Å². The third-order valence-corrected chi connectivity index (χ3v) is 5.64. The second kappa shape index (κ2) is 11.3. The fourth-order valence-electron chi connectivity index (χ4n) is 3.85. The van der Waals surface area contributed by atoms with E-state index in [1.165, 1.54) is 0 Å². The Bertz CT molecular complexity index is 746. The zero-order valence-corrected chi connectivity index (χ0v) is 17.9. The number of β-amino-alcohol motifs (C(OH)–C–C–N with tert-alkyl or cyclic N) is 1. The maximum atomic E-state index is 12.6. The van der Waals surface area contributed by atoms with Gasteiger partial charge < -0.3 is 20.6 Å². The molecule has 1 heterocycles. The summed E-state index contributed by atoms with van der Waals surface area (Å²) < 4.78 is 0. The fourth-order valence-corrected chi connectivity index (χ4v) is 3.85. The molecule has 158 valence electrons. The number of aliphatic hydroxyl groups is 1. The van der Waals surface area contributed by atoms with Crippen molar-refractivity contribution in [2.75, 3.05) is 33.2 Å². The molecule has 5 nitrogen and oxygen atoms in total. The summed E-state index contributed by atoms with van der Waals surface area (Å²) >= 11 is 0. The van der Waals surface area contributed by atoms with E-state index in [1.54, 1.807) is 0 Å². The molecule has 1 aliphatic heterocycles. The first-order valence-electron chi connectivity index (χ1n) is 10.1. The topological polar surface area (TPSA) is 69.8 Å². The Morgan fingerprint density at radius 1 is 1.14 bits per heavy atom. The standard InChI is InChI=1S/C23H31N3O2.ClH/c1-25(23(28)21-9-7-18(15-24)8-10-21)16-19-11-13-26(14-12-19)17-22(27)20-5-3-2-4-6-20;/h2-10,19,22,27H,11-17,24H2,1H3;1H. The van der Waals surface area contributed by atoms with E-state index in [1.807, 2.05) is 66.5 Å². The van der Waals surface area contributed by atoms with Crippen LogP contribution in [0.2, 0.25) is 0 Å². The van der Waals surface area contributed by atoms with Gasteiger partial charge in [0.1, 0.15) is 0 Å². The first kappa shape index (κ1) is 23.4. The number of carbonyl (C=O) groups is 1. The monoisotopic (exact) mass is 417 g/mol. The highest BCUT2D eigenvalue weighted by Crippen LogP contribution is 2.22. The van der Waals surface area contributed by atoms with Crippen LogP contribution in [0.15, 0.2) is 54.6 Å². The van der Waals surface area contributed by atoms with Crippen molar-refractivity contribution in [3.8, 4) is 0 Å². The summed E-state index contributed by atoms with van der Waals surface area (Å²) in [5.41, 5.74) is 8.33. The van der Waals surface area contributed by atoms with E-state index in [0.29, 0.717) is 24.6 Å². The predicted molar refractivity (Wildman–Crippen MR) is 119 cm³/mol. The second-order valence-electron chi connectivity index (χ2n) is 7.76. The summed E-state index contributed by atoms with van der Waals surface area (Å²) in [6.07, 6.45) is 1.65. The van der Waals surface area contributed by atoms with Crippen LogP contribution >= 0.6 is 12.4 Å². The van der Waals surface area contributed by atoms with Crippen LogP contribution in [0.3, 0.4) is 0 Å². The lowest BCUT2D eigenvalue weighted by Gasteiger charge is -2.34. The van der Waals surface area contributed by atoms with E-state index in [0.717, 1.165) is 43.6 Å². The van der Waals surface area contributed by atoms with Gasteiger partial charge >= 0.3 is 0 Å². The lowest BCUT2D eigenvalue weighted by atomic mass is 9.95. The molecule has 2 aromatic rings. The van der Waals surface area contributed by atoms with E-state index in [4.69, 9.17) is 5.73 Å². The molecule has 3 rings (SSSR count). The highest BCUT2D eigenvalue weighted by molar-refractivity contribution is 5.94. The van der Waals surface area contributed by atoms with E-state index >= 15 is 0 Å². The maximum absolute atomic E-state index is 12.6. The SMILES string of the molecule is CN(CC1CCN(CC(O)c2ccccc2)CC1)C(=O)c1ccc(CN)cc1.Cl. The molecule has 0 aromatic heterocycles. The lowest BCUT2D eigenvalue weighted by molar-refractivity contribution is 0.0681. The minimum atomic E-state index is -0.446. The Kier molecular flexibility index (Phi) is 9.11. The zero-order valence-electron chi connectivity index (χ0n) is 17.0. The van der Waals surface area contributed by atoms with Crippen LogP contribution in [0.4, 0.5) is 0 Å². The number of carbonyl (C=O) groups excluding carboxylic acids is 1. The molecule has 0 spiro atoms. The highest BCUT2D eigenvalue weighted by atomic mass is 35.5. The van der Waals surface area contributed by atoms with Crippen molar-refractivity contribution in [1.29, 1.82) is 0 Å². The third kappa shape index (κ3) is 6.54. The summed E-state index contributed by atoms with van der Waals surface area (Å²) in [4.78, 5) is 16.8. The number of amides is 1. The molecule has 1 amide bonds. The Labute approximate surface area is 179 Å². The van der Waals surface area contributed by atoms with E-state index in [-0.39, 0.29) is 18.3 Å². The van der Waals surface area contributed by atoms with Gasteiger partial charge in [0.05, 0.1) is 6.10 Å². The number of likely N-dealkylation sites (tertiary alicyclic amines) is 1. The average molecular weight is 418 g/mol. The van der Waals surface area contributed by atoms with Gasteiger partial charge in [-0.25, -0.2) is 0 Å². The number of aliphatic hydroxyl groups excluding tert-OH is 1. The van der Waals surface area contributed by atoms with Crippen LogP contribution in [0.25, 0.3) is 0 Å². The Balaban J connectivity index is 0.00000300. The number of halogens is 1. The molecule has 1 atom stereocenters. The van der Waals surface area contributed by atoms with Crippen molar-refractivity contribution in [1.82, 2.24) is 9.80 Å². The Morgan fingerprint density at radius 2 is 1.76 bits per heavy atom. The molecule has 0 bridgehead atoms. The lowest BCUT2D eigenvalue weighted by Crippen LogP contribution is -2.40. The first-order valence-corrected chi connectivity index (χ1v) is 10.1. The quantitative estimate of drug-likeness (QED) is 0.726. The van der Waals surface area contributed by atoms with Gasteiger partial charge in [-0.1, -0.05) is 42.5 Å². The van der Waals surface area contributed by atoms with Crippen molar-refractivity contribution < 1.29 is 9.90 Å². The van der Waals surface area contributed by atoms with Gasteiger partial charge in [0.15, 0.2) is 0 Å². The molecule has 1 fully saturated rings. The number of hydrogen-bond acceptors (Lipinski definition) is 4. The average Bonchev–Trinajstić information content (AvgIpc) is 2.75. The van der Waals surface area contributed by atoms with E-state index in [9.17, 15) is 9.90 Å². The van der Waals surface area contributed by atoms with Gasteiger partial charge in [-0.15, -0.1) is 12.4 Å². The molecule has 3 N–H and O–H groups in total. The first-order chi connectivity index (χ1) is 13.6. The zero-order chi connectivity index (χ0) is 19.9. The summed E-state index contributed by atoms with van der Waals surface area (Å²) in [7, 11) is 1.88. The maximum Gasteiger partial charge on any atom is 0.253 e. The minimum Gasteiger partial charge on any atom is -0.387 e. The van der Waals surface area contributed by atoms with E-state index < -0.39 is 6.10 Å². The number of piperidine rings is 1.